The van der Waals surface area contributed by atoms with E-state index in [0.29, 0.717) is 35.9 Å². The summed E-state index contributed by atoms with van der Waals surface area (Å²) in [6.07, 6.45) is 0.272. The molecule has 176 valence electrons. The van der Waals surface area contributed by atoms with Crippen molar-refractivity contribution in [3.8, 4) is 5.75 Å². The Morgan fingerprint density at radius 2 is 1.65 bits per heavy atom. The SMILES string of the molecule is COCCOc1ccc(Br)cc1C(=O)NC(=S)Nc1cccc(NC(=O)Cc2ccccc2)c1. The molecule has 3 rings (SSSR count). The fraction of sp³-hybridized carbons (Fsp3) is 0.160. The van der Waals surface area contributed by atoms with Gasteiger partial charge in [-0.3, -0.25) is 14.9 Å². The average Bonchev–Trinajstić information content (AvgIpc) is 2.80. The topological polar surface area (TPSA) is 88.7 Å². The number of nitrogens with one attached hydrogen (secondary N) is 3. The van der Waals surface area contributed by atoms with Crippen molar-refractivity contribution in [3.63, 3.8) is 0 Å². The molecular weight excluding hydrogens is 518 g/mol. The largest absolute Gasteiger partial charge is 0.490 e. The Bertz CT molecular complexity index is 1160. The summed E-state index contributed by atoms with van der Waals surface area (Å²) in [4.78, 5) is 25.1. The van der Waals surface area contributed by atoms with Crippen LogP contribution in [0.1, 0.15) is 15.9 Å². The molecule has 7 nitrogen and oxygen atoms in total. The van der Waals surface area contributed by atoms with Crippen LogP contribution in [0.2, 0.25) is 0 Å². The molecular formula is C25H24BrN3O4S. The number of ether oxygens (including phenoxy) is 2. The first-order valence-electron chi connectivity index (χ1n) is 10.4. The number of hydrogen-bond acceptors (Lipinski definition) is 5. The van der Waals surface area contributed by atoms with Crippen molar-refractivity contribution < 1.29 is 19.1 Å². The van der Waals surface area contributed by atoms with E-state index < -0.39 is 5.91 Å². The van der Waals surface area contributed by atoms with Crippen molar-refractivity contribution in [2.45, 2.75) is 6.42 Å². The lowest BCUT2D eigenvalue weighted by Crippen LogP contribution is -2.34. The summed E-state index contributed by atoms with van der Waals surface area (Å²) in [5.41, 5.74) is 2.49. The number of carbonyl (C=O) groups is 2. The van der Waals surface area contributed by atoms with Gasteiger partial charge >= 0.3 is 0 Å². The third kappa shape index (κ3) is 7.95. The van der Waals surface area contributed by atoms with E-state index in [1.54, 1.807) is 49.6 Å². The zero-order valence-electron chi connectivity index (χ0n) is 18.5. The highest BCUT2D eigenvalue weighted by Gasteiger charge is 2.15. The molecule has 0 bridgehead atoms. The number of thiocarbonyl (C=S) groups is 1. The molecule has 3 aromatic carbocycles. The first kappa shape index (κ1) is 25.4. The molecule has 0 fully saturated rings. The number of rotatable bonds is 9. The van der Waals surface area contributed by atoms with E-state index in [2.05, 4.69) is 31.9 Å². The van der Waals surface area contributed by atoms with E-state index in [1.807, 2.05) is 30.3 Å². The molecule has 0 aliphatic heterocycles. The molecule has 0 radical (unpaired) electrons. The van der Waals surface area contributed by atoms with Gasteiger partial charge in [0.25, 0.3) is 5.91 Å². The molecule has 0 atom stereocenters. The molecule has 0 unspecified atom stereocenters. The second kappa shape index (κ2) is 12.8. The lowest BCUT2D eigenvalue weighted by Gasteiger charge is -2.14. The normalized spacial score (nSPS) is 10.3. The quantitative estimate of drug-likeness (QED) is 0.267. The van der Waals surface area contributed by atoms with Crippen LogP contribution in [-0.4, -0.2) is 37.3 Å². The average molecular weight is 542 g/mol. The fourth-order valence-electron chi connectivity index (χ4n) is 3.03. The van der Waals surface area contributed by atoms with Crippen molar-refractivity contribution in [3.05, 3.63) is 88.4 Å². The highest BCUT2D eigenvalue weighted by Crippen LogP contribution is 2.23. The van der Waals surface area contributed by atoms with Gasteiger partial charge in [-0.25, -0.2) is 0 Å². The maximum absolute atomic E-state index is 12.8. The predicted octanol–water partition coefficient (Wildman–Crippen LogP) is 4.78. The molecule has 0 saturated carbocycles. The minimum Gasteiger partial charge on any atom is -0.490 e. The summed E-state index contributed by atoms with van der Waals surface area (Å²) in [5, 5.41) is 8.60. The van der Waals surface area contributed by atoms with Gasteiger partial charge in [-0.15, -0.1) is 0 Å². The van der Waals surface area contributed by atoms with Crippen LogP contribution < -0.4 is 20.7 Å². The third-order valence-electron chi connectivity index (χ3n) is 4.57. The fourth-order valence-corrected chi connectivity index (χ4v) is 3.61. The van der Waals surface area contributed by atoms with E-state index >= 15 is 0 Å². The molecule has 9 heteroatoms. The first-order valence-corrected chi connectivity index (χ1v) is 11.6. The van der Waals surface area contributed by atoms with E-state index in [9.17, 15) is 9.59 Å². The van der Waals surface area contributed by atoms with Crippen LogP contribution in [0.25, 0.3) is 0 Å². The van der Waals surface area contributed by atoms with Gasteiger partial charge in [-0.2, -0.15) is 0 Å². The summed E-state index contributed by atoms with van der Waals surface area (Å²) in [5.74, 6) is -0.128. The van der Waals surface area contributed by atoms with Gasteiger partial charge < -0.3 is 20.1 Å². The van der Waals surface area contributed by atoms with Gasteiger partial charge in [0.1, 0.15) is 12.4 Å². The number of halogens is 1. The Balaban J connectivity index is 1.59. The monoisotopic (exact) mass is 541 g/mol. The molecule has 0 aliphatic rings. The number of carbonyl (C=O) groups excluding carboxylic acids is 2. The van der Waals surface area contributed by atoms with Crippen LogP contribution in [0.5, 0.6) is 5.75 Å². The van der Waals surface area contributed by atoms with Crippen LogP contribution in [0.15, 0.2) is 77.3 Å². The molecule has 3 N–H and O–H groups in total. The van der Waals surface area contributed by atoms with E-state index in [-0.39, 0.29) is 17.4 Å². The first-order chi connectivity index (χ1) is 16.4. The van der Waals surface area contributed by atoms with Crippen LogP contribution >= 0.6 is 28.1 Å². The molecule has 0 aromatic heterocycles. The summed E-state index contributed by atoms with van der Waals surface area (Å²) >= 11 is 8.68. The highest BCUT2D eigenvalue weighted by molar-refractivity contribution is 9.10. The van der Waals surface area contributed by atoms with Crippen LogP contribution in [0.3, 0.4) is 0 Å². The van der Waals surface area contributed by atoms with E-state index in [4.69, 9.17) is 21.7 Å². The van der Waals surface area contributed by atoms with Crippen molar-refractivity contribution in [1.29, 1.82) is 0 Å². The van der Waals surface area contributed by atoms with E-state index in [1.165, 1.54) is 0 Å². The lowest BCUT2D eigenvalue weighted by atomic mass is 10.1. The van der Waals surface area contributed by atoms with Crippen LogP contribution in [0.4, 0.5) is 11.4 Å². The summed E-state index contributed by atoms with van der Waals surface area (Å²) < 4.78 is 11.4. The lowest BCUT2D eigenvalue weighted by molar-refractivity contribution is -0.115. The van der Waals surface area contributed by atoms with Crippen molar-refractivity contribution in [1.82, 2.24) is 5.32 Å². The number of benzene rings is 3. The third-order valence-corrected chi connectivity index (χ3v) is 5.27. The minimum atomic E-state index is -0.418. The molecule has 2 amide bonds. The number of anilines is 2. The van der Waals surface area contributed by atoms with E-state index in [0.717, 1.165) is 10.0 Å². The van der Waals surface area contributed by atoms with Gasteiger partial charge in [0.15, 0.2) is 5.11 Å². The second-order valence-corrected chi connectivity index (χ2v) is 8.51. The predicted molar refractivity (Wildman–Crippen MR) is 140 cm³/mol. The molecule has 0 spiro atoms. The van der Waals surface area contributed by atoms with Crippen molar-refractivity contribution in [2.75, 3.05) is 31.0 Å². The number of hydrogen-bond donors (Lipinski definition) is 3. The van der Waals surface area contributed by atoms with Crippen molar-refractivity contribution in [2.24, 2.45) is 0 Å². The maximum atomic E-state index is 12.8. The summed E-state index contributed by atoms with van der Waals surface area (Å²) in [6, 6.07) is 21.7. The Morgan fingerprint density at radius 3 is 2.38 bits per heavy atom. The van der Waals surface area contributed by atoms with Gasteiger partial charge in [0, 0.05) is 23.0 Å². The molecule has 3 aromatic rings. The second-order valence-electron chi connectivity index (χ2n) is 7.18. The van der Waals surface area contributed by atoms with Crippen molar-refractivity contribution >= 4 is 56.4 Å². The standard InChI is InChI=1S/C25H24BrN3O4S/c1-32-12-13-33-22-11-10-18(26)15-21(22)24(31)29-25(34)28-20-9-5-8-19(16-20)27-23(30)14-17-6-3-2-4-7-17/h2-11,15-16H,12-14H2,1H3,(H,27,30)(H2,28,29,31,34). The maximum Gasteiger partial charge on any atom is 0.261 e. The molecule has 0 aliphatic carbocycles. The van der Waals surface area contributed by atoms with Gasteiger partial charge in [-0.1, -0.05) is 52.3 Å². The molecule has 0 saturated heterocycles. The molecule has 34 heavy (non-hydrogen) atoms. The highest BCUT2D eigenvalue weighted by atomic mass is 79.9. The van der Waals surface area contributed by atoms with Gasteiger partial charge in [0.2, 0.25) is 5.91 Å². The Morgan fingerprint density at radius 1 is 0.912 bits per heavy atom. The number of amides is 2. The summed E-state index contributed by atoms with van der Waals surface area (Å²) in [7, 11) is 1.58. The zero-order chi connectivity index (χ0) is 24.3. The Hall–Kier alpha value is -3.27. The molecule has 0 heterocycles. The summed E-state index contributed by atoms with van der Waals surface area (Å²) in [6.45, 7) is 0.708. The smallest absolute Gasteiger partial charge is 0.261 e. The van der Waals surface area contributed by atoms with Gasteiger partial charge in [-0.05, 0) is 54.2 Å². The van der Waals surface area contributed by atoms with Crippen LogP contribution in [0, 0.1) is 0 Å². The number of methoxy groups -OCH3 is 1. The van der Waals surface area contributed by atoms with Crippen LogP contribution in [-0.2, 0) is 16.0 Å². The Kier molecular flexibility index (Phi) is 9.57. The minimum absolute atomic E-state index is 0.112. The Labute approximate surface area is 212 Å². The zero-order valence-corrected chi connectivity index (χ0v) is 20.9. The van der Waals surface area contributed by atoms with Gasteiger partial charge in [0.05, 0.1) is 18.6 Å².